The fourth-order valence-electron chi connectivity index (χ4n) is 15.1. The number of hydrogen-bond donors (Lipinski definition) is 28. The quantitative estimate of drug-likeness (QED) is 0.0166. The molecule has 1 fully saturated rings. The van der Waals surface area contributed by atoms with E-state index in [0.717, 1.165) is 11.8 Å². The lowest BCUT2D eigenvalue weighted by molar-refractivity contribution is -0.142. The summed E-state index contributed by atoms with van der Waals surface area (Å²) in [6, 6.07) is -13.8. The Hall–Kier alpha value is -12.9. The van der Waals surface area contributed by atoms with Gasteiger partial charge in [-0.25, -0.2) is 4.98 Å². The molecule has 51 heteroatoms. The number of rotatable bonds is 71. The number of primary amides is 3. The first-order chi connectivity index (χ1) is 67.3. The molecule has 36 N–H and O–H groups in total. The van der Waals surface area contributed by atoms with Gasteiger partial charge in [0.25, 0.3) is 0 Å². The van der Waals surface area contributed by atoms with E-state index in [2.05, 4.69) is 100 Å². The van der Waals surface area contributed by atoms with Gasteiger partial charge in [-0.05, 0) is 190 Å². The molecule has 0 saturated carbocycles. The Bertz CT molecular complexity index is 4460. The number of likely N-dealkylation sites (tertiary alicyclic amines) is 1. The molecule has 1 aromatic carbocycles. The molecule has 1 aromatic heterocycles. The van der Waals surface area contributed by atoms with Crippen LogP contribution in [-0.2, 0) is 109 Å². The number of nitrogens with one attached hydrogen (secondary N) is 19. The second-order valence-electron chi connectivity index (χ2n) is 36.4. The van der Waals surface area contributed by atoms with Gasteiger partial charge in [0.15, 0.2) is 5.96 Å². The predicted octanol–water partition coefficient (Wildman–Crippen LogP) is -6.89. The normalized spacial score (nSPS) is 15.2. The van der Waals surface area contributed by atoms with Crippen LogP contribution >= 0.6 is 11.8 Å². The third-order valence-electron chi connectivity index (χ3n) is 23.0. The fraction of sp³-hybridized carbons (Fsp3) is 0.670. The Kier molecular flexibility index (Phi) is 57.9. The summed E-state index contributed by atoms with van der Waals surface area (Å²) in [4.78, 5) is 285. The van der Waals surface area contributed by atoms with Crippen LogP contribution in [0.2, 0.25) is 0 Å². The van der Waals surface area contributed by atoms with Gasteiger partial charge in [0.1, 0.15) is 90.3 Å². The number of H-pyrrole nitrogens is 1. The highest BCUT2D eigenvalue weighted by Crippen LogP contribution is 2.23. The van der Waals surface area contributed by atoms with Crippen LogP contribution in [0.3, 0.4) is 0 Å². The number of hydrogen-bond acceptors (Lipinski definition) is 28. The highest BCUT2D eigenvalue weighted by Gasteiger charge is 2.42. The van der Waals surface area contributed by atoms with E-state index in [-0.39, 0.29) is 171 Å². The first-order valence-corrected chi connectivity index (χ1v) is 49.5. The van der Waals surface area contributed by atoms with Gasteiger partial charge in [-0.1, -0.05) is 73.9 Å². The molecule has 0 spiro atoms. The van der Waals surface area contributed by atoms with Crippen molar-refractivity contribution in [1.29, 1.82) is 5.41 Å². The highest BCUT2D eigenvalue weighted by atomic mass is 32.2. The van der Waals surface area contributed by atoms with Crippen molar-refractivity contribution < 1.29 is 101 Å². The zero-order valence-corrected chi connectivity index (χ0v) is 83.7. The lowest BCUT2D eigenvalue weighted by Gasteiger charge is -2.30. The number of benzene rings is 1. The second kappa shape index (κ2) is 66.7. The van der Waals surface area contributed by atoms with Crippen LogP contribution in [0.1, 0.15) is 208 Å². The molecule has 1 saturated heterocycles. The van der Waals surface area contributed by atoms with Crippen molar-refractivity contribution >= 4 is 136 Å². The van der Waals surface area contributed by atoms with E-state index in [1.165, 1.54) is 48.6 Å². The number of nitrogens with zero attached hydrogens (tertiary/aromatic N) is 2. The first-order valence-electron chi connectivity index (χ1n) is 48.4. The number of aromatic amines is 1. The number of aromatic nitrogens is 2. The maximum Gasteiger partial charge on any atom is 0.245 e. The van der Waals surface area contributed by atoms with Crippen LogP contribution in [0.25, 0.3) is 0 Å². The highest BCUT2D eigenvalue weighted by molar-refractivity contribution is 8.00. The van der Waals surface area contributed by atoms with Gasteiger partial charge >= 0.3 is 0 Å². The minimum atomic E-state index is -1.71. The molecule has 1 aliphatic heterocycles. The molecule has 2 aromatic rings. The van der Waals surface area contributed by atoms with Crippen LogP contribution in [0.15, 0.2) is 36.8 Å². The van der Waals surface area contributed by atoms with Crippen LogP contribution in [-0.4, -0.2) is 299 Å². The van der Waals surface area contributed by atoms with Crippen LogP contribution in [0.5, 0.6) is 5.75 Å². The second-order valence-corrected chi connectivity index (χ2v) is 37.4. The standard InChI is InChI=1S/C91H155N29O21S/c1-10-53(8)76(89(140)118-75(52(6)7)88(139)105-46-74(127)109-68(77(98)128)47-142-48-71(97)124)119-86(137)67(42-56-43-101-49-106-56)117-81(132)61(24-14-18-36-95)111-84(135)65(40-51(4)5)115-80(131)60(23-13-17-35-94)112-85(136)66(41-55-27-29-57(122)30-28-55)116-82(133)62(31-32-70(96)123)113-79(130)59(22-12-16-34-93)110-78(129)58(21-11-15-33-92)108-73(126)45-103-72(125)44-104-87(138)69-26-20-38-120(69)90(141)63(25-19-37-102-91(99)100)114-83(134)64(39-50(2)3)107-54(9)121/h27-30,43,49-53,58-69,75-76,122H,10-26,31-42,44-48,92-95H2,1-9H3,(H2,96,123)(H2,97,124)(H2,98,128)(H,101,106)(H,103,125)(H,104,138)(H,105,139)(H,107,121)(H,108,126)(H,109,127)(H,110,129)(H,111,135)(H,112,136)(H,113,130)(H,114,134)(H,115,131)(H,116,133)(H,117,132)(H,118,140)(H,119,137)(H4,99,100,102)/t53-,58-,59-,60-,61-,62-,63-,64-,65-,66-,67-,68-,69-,75-,76-/m0/s1. The number of aromatic hydroxyl groups is 1. The molecule has 1 aliphatic rings. The smallest absolute Gasteiger partial charge is 0.245 e. The van der Waals surface area contributed by atoms with Crippen molar-refractivity contribution in [3.63, 3.8) is 0 Å². The number of carbonyl (C=O) groups excluding carboxylic acids is 20. The fourth-order valence-corrected chi connectivity index (χ4v) is 15.9. The molecule has 796 valence electrons. The SMILES string of the molecule is CC[C@H](C)[C@H](NC(=O)[C@H](Cc1cnc[nH]1)NC(=O)[C@H](CCCCN)NC(=O)[C@H](CC(C)C)NC(=O)[C@H](CCCCN)NC(=O)[C@H](Cc1ccc(O)cc1)NC(=O)[C@H](CCC(N)=O)NC(=O)[C@H](CCCCN)NC(=O)[C@H](CCCCN)NC(=O)CNC(=O)CNC(=O)[C@@H]1CCCN1C(=O)[C@H](CCCNC(=N)N)NC(=O)[C@H](CC(C)C)NC(C)=O)C(=O)N[C@H](C(=O)NCC(=O)N[C@@H](CSCC(N)=O)C(N)=O)C(C)C. The zero-order valence-electron chi connectivity index (χ0n) is 82.9. The molecule has 0 unspecified atom stereocenters. The summed E-state index contributed by atoms with van der Waals surface area (Å²) in [6.45, 7) is 13.9. The Balaban J connectivity index is 1.95. The Morgan fingerprint density at radius 2 is 0.880 bits per heavy atom. The number of amides is 20. The van der Waals surface area contributed by atoms with Gasteiger partial charge in [-0.15, -0.1) is 11.8 Å². The summed E-state index contributed by atoms with van der Waals surface area (Å²) in [5.74, 6) is -19.0. The molecule has 142 heavy (non-hydrogen) atoms. The average molecular weight is 2020 g/mol. The number of phenols is 1. The molecular weight excluding hydrogens is 1870 g/mol. The number of phenolic OH excluding ortho intramolecular Hbond substituents is 1. The van der Waals surface area contributed by atoms with Crippen LogP contribution in [0.4, 0.5) is 0 Å². The molecule has 20 amide bonds. The Morgan fingerprint density at radius 1 is 0.458 bits per heavy atom. The monoisotopic (exact) mass is 2020 g/mol. The third-order valence-corrected chi connectivity index (χ3v) is 24.0. The van der Waals surface area contributed by atoms with E-state index in [9.17, 15) is 91.4 Å². The van der Waals surface area contributed by atoms with Crippen molar-refractivity contribution in [3.8, 4) is 5.75 Å². The number of carbonyl (C=O) groups is 20. The van der Waals surface area contributed by atoms with E-state index < -0.39 is 247 Å². The van der Waals surface area contributed by atoms with Gasteiger partial charge in [-0.2, -0.15) is 0 Å². The topological polar surface area (TPSA) is 830 Å². The van der Waals surface area contributed by atoms with Crippen molar-refractivity contribution in [2.24, 2.45) is 69.5 Å². The van der Waals surface area contributed by atoms with Gasteiger partial charge in [0, 0.05) is 56.9 Å². The number of guanidine groups is 1. The van der Waals surface area contributed by atoms with Gasteiger partial charge in [0.05, 0.1) is 31.7 Å². The van der Waals surface area contributed by atoms with Crippen molar-refractivity contribution in [2.45, 2.75) is 295 Å². The maximum absolute atomic E-state index is 15.1. The molecule has 3 rings (SSSR count). The number of unbranched alkanes of at least 4 members (excludes halogenated alkanes) is 4. The zero-order chi connectivity index (χ0) is 106. The van der Waals surface area contributed by atoms with E-state index in [0.29, 0.717) is 49.8 Å². The Labute approximate surface area is 831 Å². The summed E-state index contributed by atoms with van der Waals surface area (Å²) < 4.78 is 0. The van der Waals surface area contributed by atoms with Crippen molar-refractivity contribution in [3.05, 3.63) is 48.0 Å². The summed E-state index contributed by atoms with van der Waals surface area (Å²) in [5.41, 5.74) is 46.0. The molecule has 0 aliphatic carbocycles. The summed E-state index contributed by atoms with van der Waals surface area (Å²) >= 11 is 0.948. The predicted molar refractivity (Wildman–Crippen MR) is 527 cm³/mol. The molecule has 0 bridgehead atoms. The van der Waals surface area contributed by atoms with E-state index in [4.69, 9.17) is 51.3 Å². The van der Waals surface area contributed by atoms with E-state index in [1.807, 2.05) is 13.8 Å². The minimum absolute atomic E-state index is 0.0296. The average Bonchev–Trinajstić information content (AvgIpc) is 1.70. The molecular formula is C91H155N29O21S. The van der Waals surface area contributed by atoms with E-state index >= 15 is 9.59 Å². The van der Waals surface area contributed by atoms with E-state index in [1.54, 1.807) is 41.5 Å². The molecule has 0 radical (unpaired) electrons. The lowest BCUT2D eigenvalue weighted by Crippen LogP contribution is -2.61. The number of imidazole rings is 1. The Morgan fingerprint density at radius 3 is 1.33 bits per heavy atom. The van der Waals surface area contributed by atoms with Gasteiger partial charge in [0.2, 0.25) is 118 Å². The van der Waals surface area contributed by atoms with Crippen molar-refractivity contribution in [2.75, 3.05) is 70.4 Å². The lowest BCUT2D eigenvalue weighted by atomic mass is 9.95. The third kappa shape index (κ3) is 48.0. The largest absolute Gasteiger partial charge is 0.508 e. The van der Waals surface area contributed by atoms with Crippen LogP contribution in [0, 0.1) is 29.1 Å². The number of thioether (sulfide) groups is 1. The van der Waals surface area contributed by atoms with Crippen LogP contribution < -0.4 is 136 Å². The maximum atomic E-state index is 15.1. The van der Waals surface area contributed by atoms with Gasteiger partial charge in [-0.3, -0.25) is 101 Å². The number of nitrogens with two attached hydrogens (primary N) is 8. The molecule has 15 atom stereocenters. The summed E-state index contributed by atoms with van der Waals surface area (Å²) in [7, 11) is 0. The first kappa shape index (κ1) is 123. The minimum Gasteiger partial charge on any atom is -0.508 e. The van der Waals surface area contributed by atoms with Gasteiger partial charge < -0.3 is 151 Å². The van der Waals surface area contributed by atoms with Crippen molar-refractivity contribution in [1.82, 2.24) is 105 Å². The molecule has 2 heterocycles. The summed E-state index contributed by atoms with van der Waals surface area (Å²) in [5, 5.41) is 62.3. The molecule has 50 nitrogen and oxygen atoms in total. The summed E-state index contributed by atoms with van der Waals surface area (Å²) in [6.07, 6.45) is 4.35.